The van der Waals surface area contributed by atoms with Crippen LogP contribution in [-0.2, 0) is 4.79 Å². The number of thiophene rings is 1. The van der Waals surface area contributed by atoms with Crippen molar-refractivity contribution >= 4 is 33.3 Å². The number of carboxylic acid groups (broad SMARTS) is 1. The number of ether oxygens (including phenoxy) is 2. The van der Waals surface area contributed by atoms with E-state index in [1.165, 1.54) is 25.6 Å². The third-order valence-electron chi connectivity index (χ3n) is 2.69. The standard InChI is InChI=1S/C13H13NO5S/c1-18-9-5-7-6-10(8(15)3-4-11(16)17)20-13(7)14-12(9)19-2/h5-6H,3-4H2,1-2H3,(H,16,17). The van der Waals surface area contributed by atoms with Crippen LogP contribution in [0.2, 0.25) is 0 Å². The first-order valence-corrected chi connectivity index (χ1v) is 6.64. The van der Waals surface area contributed by atoms with Crippen LogP contribution in [-0.4, -0.2) is 36.1 Å². The molecular weight excluding hydrogens is 282 g/mol. The molecule has 2 rings (SSSR count). The van der Waals surface area contributed by atoms with Gasteiger partial charge in [-0.25, -0.2) is 0 Å². The van der Waals surface area contributed by atoms with E-state index in [4.69, 9.17) is 14.6 Å². The molecule has 0 unspecified atom stereocenters. The maximum absolute atomic E-state index is 11.9. The molecule has 2 aromatic heterocycles. The summed E-state index contributed by atoms with van der Waals surface area (Å²) < 4.78 is 10.2. The van der Waals surface area contributed by atoms with Crippen LogP contribution in [0.4, 0.5) is 0 Å². The molecule has 0 fully saturated rings. The molecule has 0 radical (unpaired) electrons. The van der Waals surface area contributed by atoms with Gasteiger partial charge in [-0.2, -0.15) is 4.98 Å². The van der Waals surface area contributed by atoms with E-state index >= 15 is 0 Å². The van der Waals surface area contributed by atoms with Gasteiger partial charge in [-0.15, -0.1) is 11.3 Å². The first-order valence-electron chi connectivity index (χ1n) is 5.82. The molecule has 0 atom stereocenters. The van der Waals surface area contributed by atoms with Gasteiger partial charge in [0.15, 0.2) is 11.5 Å². The van der Waals surface area contributed by atoms with Crippen molar-refractivity contribution in [1.29, 1.82) is 0 Å². The summed E-state index contributed by atoms with van der Waals surface area (Å²) in [4.78, 5) is 27.8. The Hall–Kier alpha value is -2.15. The lowest BCUT2D eigenvalue weighted by atomic mass is 10.2. The highest BCUT2D eigenvalue weighted by atomic mass is 32.1. The minimum atomic E-state index is -0.985. The molecule has 0 spiro atoms. The van der Waals surface area contributed by atoms with E-state index in [0.717, 1.165) is 5.39 Å². The quantitative estimate of drug-likeness (QED) is 0.823. The van der Waals surface area contributed by atoms with E-state index in [9.17, 15) is 9.59 Å². The molecule has 7 heteroatoms. The first kappa shape index (κ1) is 14.3. The summed E-state index contributed by atoms with van der Waals surface area (Å²) in [6.45, 7) is 0. The molecule has 0 saturated carbocycles. The SMILES string of the molecule is COc1cc2cc(C(=O)CCC(=O)O)sc2nc1OC. The number of pyridine rings is 1. The lowest BCUT2D eigenvalue weighted by Crippen LogP contribution is -2.01. The molecule has 6 nitrogen and oxygen atoms in total. The predicted molar refractivity (Wildman–Crippen MR) is 73.9 cm³/mol. The fourth-order valence-corrected chi connectivity index (χ4v) is 2.68. The van der Waals surface area contributed by atoms with E-state index in [-0.39, 0.29) is 18.6 Å². The van der Waals surface area contributed by atoms with Crippen LogP contribution in [0.5, 0.6) is 11.6 Å². The smallest absolute Gasteiger partial charge is 0.303 e. The monoisotopic (exact) mass is 295 g/mol. The normalized spacial score (nSPS) is 10.5. The van der Waals surface area contributed by atoms with Gasteiger partial charge < -0.3 is 14.6 Å². The number of hydrogen-bond acceptors (Lipinski definition) is 6. The number of aliphatic carboxylic acids is 1. The van der Waals surface area contributed by atoms with Crippen LogP contribution in [0.15, 0.2) is 12.1 Å². The van der Waals surface area contributed by atoms with E-state index in [1.807, 2.05) is 0 Å². The molecule has 0 amide bonds. The summed E-state index contributed by atoms with van der Waals surface area (Å²) in [5.74, 6) is -0.344. The number of aromatic nitrogens is 1. The van der Waals surface area contributed by atoms with Gasteiger partial charge in [0.2, 0.25) is 0 Å². The van der Waals surface area contributed by atoms with Crippen LogP contribution in [0, 0.1) is 0 Å². The summed E-state index contributed by atoms with van der Waals surface area (Å²) in [5.41, 5.74) is 0. The molecule has 2 aromatic rings. The van der Waals surface area contributed by atoms with E-state index < -0.39 is 5.97 Å². The van der Waals surface area contributed by atoms with Gasteiger partial charge in [0.1, 0.15) is 4.83 Å². The van der Waals surface area contributed by atoms with E-state index in [2.05, 4.69) is 4.98 Å². The molecule has 0 bridgehead atoms. The van der Waals surface area contributed by atoms with Gasteiger partial charge in [-0.05, 0) is 12.1 Å². The van der Waals surface area contributed by atoms with Gasteiger partial charge in [0.05, 0.1) is 25.5 Å². The van der Waals surface area contributed by atoms with Gasteiger partial charge >= 0.3 is 5.97 Å². The Bertz CT molecular complexity index is 623. The van der Waals surface area contributed by atoms with Crippen molar-refractivity contribution in [3.05, 3.63) is 17.0 Å². The Kier molecular flexibility index (Phi) is 4.19. The average Bonchev–Trinajstić information content (AvgIpc) is 2.85. The highest BCUT2D eigenvalue weighted by Gasteiger charge is 2.15. The summed E-state index contributed by atoms with van der Waals surface area (Å²) >= 11 is 1.22. The predicted octanol–water partition coefficient (Wildman–Crippen LogP) is 2.36. The lowest BCUT2D eigenvalue weighted by Gasteiger charge is -2.05. The Labute approximate surface area is 119 Å². The Morgan fingerprint density at radius 3 is 2.60 bits per heavy atom. The molecule has 0 aliphatic rings. The largest absolute Gasteiger partial charge is 0.491 e. The van der Waals surface area contributed by atoms with Crippen LogP contribution < -0.4 is 9.47 Å². The van der Waals surface area contributed by atoms with Crippen LogP contribution >= 0.6 is 11.3 Å². The van der Waals surface area contributed by atoms with E-state index in [1.54, 1.807) is 12.1 Å². The molecule has 0 aliphatic heterocycles. The Morgan fingerprint density at radius 1 is 1.25 bits per heavy atom. The number of ketones is 1. The Morgan fingerprint density at radius 2 is 2.00 bits per heavy atom. The second kappa shape index (κ2) is 5.87. The summed E-state index contributed by atoms with van der Waals surface area (Å²) in [5, 5.41) is 9.36. The number of hydrogen-bond donors (Lipinski definition) is 1. The van der Waals surface area contributed by atoms with Crippen LogP contribution in [0.3, 0.4) is 0 Å². The molecule has 20 heavy (non-hydrogen) atoms. The molecular formula is C13H13NO5S. The van der Waals surface area contributed by atoms with Crippen molar-refractivity contribution in [3.63, 3.8) is 0 Å². The number of carbonyl (C=O) groups is 2. The fraction of sp³-hybridized carbons (Fsp3) is 0.308. The van der Waals surface area contributed by atoms with Crippen molar-refractivity contribution in [1.82, 2.24) is 4.98 Å². The topological polar surface area (TPSA) is 85.7 Å². The molecule has 106 valence electrons. The summed E-state index contributed by atoms with van der Waals surface area (Å²) in [6.07, 6.45) is -0.191. The highest BCUT2D eigenvalue weighted by molar-refractivity contribution is 7.20. The zero-order chi connectivity index (χ0) is 14.7. The molecule has 0 aliphatic carbocycles. The number of carbonyl (C=O) groups excluding carboxylic acids is 1. The lowest BCUT2D eigenvalue weighted by molar-refractivity contribution is -0.136. The van der Waals surface area contributed by atoms with Crippen LogP contribution in [0.25, 0.3) is 10.2 Å². The number of fused-ring (bicyclic) bond motifs is 1. The van der Waals surface area contributed by atoms with Crippen molar-refractivity contribution in [3.8, 4) is 11.6 Å². The molecule has 0 aromatic carbocycles. The Balaban J connectivity index is 2.33. The fourth-order valence-electron chi connectivity index (χ4n) is 1.71. The minimum Gasteiger partial charge on any atom is -0.491 e. The summed E-state index contributed by atoms with van der Waals surface area (Å²) in [7, 11) is 3.00. The van der Waals surface area contributed by atoms with Gasteiger partial charge in [-0.3, -0.25) is 9.59 Å². The second-order valence-electron chi connectivity index (χ2n) is 4.02. The average molecular weight is 295 g/mol. The van der Waals surface area contributed by atoms with E-state index in [0.29, 0.717) is 21.3 Å². The zero-order valence-corrected chi connectivity index (χ0v) is 11.8. The molecule has 0 saturated heterocycles. The molecule has 1 N–H and O–H groups in total. The van der Waals surface area contributed by atoms with Gasteiger partial charge in [0.25, 0.3) is 5.88 Å². The van der Waals surface area contributed by atoms with Crippen molar-refractivity contribution in [2.75, 3.05) is 14.2 Å². The highest BCUT2D eigenvalue weighted by Crippen LogP contribution is 2.33. The third kappa shape index (κ3) is 2.88. The van der Waals surface area contributed by atoms with Gasteiger partial charge in [0, 0.05) is 11.8 Å². The van der Waals surface area contributed by atoms with Crippen molar-refractivity contribution in [2.45, 2.75) is 12.8 Å². The second-order valence-corrected chi connectivity index (χ2v) is 5.05. The molecule has 2 heterocycles. The zero-order valence-electron chi connectivity index (χ0n) is 11.0. The summed E-state index contributed by atoms with van der Waals surface area (Å²) in [6, 6.07) is 3.44. The van der Waals surface area contributed by atoms with Crippen molar-refractivity contribution < 1.29 is 24.2 Å². The number of rotatable bonds is 6. The third-order valence-corrected chi connectivity index (χ3v) is 3.78. The van der Waals surface area contributed by atoms with Crippen LogP contribution in [0.1, 0.15) is 22.5 Å². The first-order chi connectivity index (χ1) is 9.55. The number of Topliss-reactive ketones (excluding diaryl/α,β-unsaturated/α-hetero) is 1. The number of nitrogens with zero attached hydrogens (tertiary/aromatic N) is 1. The number of carboxylic acids is 1. The maximum Gasteiger partial charge on any atom is 0.303 e. The van der Waals surface area contributed by atoms with Gasteiger partial charge in [-0.1, -0.05) is 0 Å². The number of methoxy groups -OCH3 is 2. The minimum absolute atomic E-state index is 0.0174. The maximum atomic E-state index is 11.9. The van der Waals surface area contributed by atoms with Crippen molar-refractivity contribution in [2.24, 2.45) is 0 Å².